The van der Waals surface area contributed by atoms with Crippen LogP contribution in [-0.2, 0) is 13.1 Å². The standard InChI is InChI=1S/C19H16F2N2O2Se2/c20-12-4-6-16-14(10-12)18(24)22(26-16)8-2-1-3-9-23-19(25)15-11-13(21)5-7-17(15)27-23/h4-7,10-11H,1-3,8-9H2. The summed E-state index contributed by atoms with van der Waals surface area (Å²) in [5.41, 5.74) is -0.167. The molecule has 4 aromatic rings. The van der Waals surface area contributed by atoms with Crippen LogP contribution in [0.4, 0.5) is 8.78 Å². The molecule has 0 atom stereocenters. The van der Waals surface area contributed by atoms with Crippen molar-refractivity contribution in [1.82, 2.24) is 7.12 Å². The van der Waals surface area contributed by atoms with E-state index in [2.05, 4.69) is 0 Å². The van der Waals surface area contributed by atoms with Crippen molar-refractivity contribution in [3.63, 3.8) is 0 Å². The third-order valence-corrected chi connectivity index (χ3v) is 9.14. The molecule has 0 radical (unpaired) electrons. The van der Waals surface area contributed by atoms with Gasteiger partial charge in [0.15, 0.2) is 0 Å². The molecule has 0 N–H and O–H groups in total. The van der Waals surface area contributed by atoms with Crippen molar-refractivity contribution < 1.29 is 8.78 Å². The Hall–Kier alpha value is -1.72. The summed E-state index contributed by atoms with van der Waals surface area (Å²) in [6, 6.07) is 8.84. The topological polar surface area (TPSA) is 44.0 Å². The van der Waals surface area contributed by atoms with E-state index in [0.717, 1.165) is 27.8 Å². The summed E-state index contributed by atoms with van der Waals surface area (Å²) in [5, 5.41) is 0.982. The van der Waals surface area contributed by atoms with Gasteiger partial charge in [-0.3, -0.25) is 0 Å². The fourth-order valence-corrected chi connectivity index (χ4v) is 7.32. The Morgan fingerprint density at radius 3 is 1.59 bits per heavy atom. The molecule has 0 fully saturated rings. The van der Waals surface area contributed by atoms with Crippen molar-refractivity contribution in [2.24, 2.45) is 0 Å². The molecule has 140 valence electrons. The maximum absolute atomic E-state index is 13.3. The van der Waals surface area contributed by atoms with Gasteiger partial charge in [0, 0.05) is 0 Å². The minimum atomic E-state index is -0.377. The van der Waals surface area contributed by atoms with E-state index in [-0.39, 0.29) is 52.2 Å². The van der Waals surface area contributed by atoms with E-state index in [1.54, 1.807) is 19.3 Å². The number of hydrogen-bond acceptors (Lipinski definition) is 2. The van der Waals surface area contributed by atoms with Crippen molar-refractivity contribution in [3.8, 4) is 0 Å². The van der Waals surface area contributed by atoms with Crippen LogP contribution < -0.4 is 11.1 Å². The fraction of sp³-hybridized carbons (Fsp3) is 0.263. The number of aryl methyl sites for hydroxylation is 2. The zero-order valence-electron chi connectivity index (χ0n) is 14.3. The minimum absolute atomic E-state index is 0.0833. The molecule has 0 spiro atoms. The van der Waals surface area contributed by atoms with Crippen LogP contribution in [0, 0.1) is 11.6 Å². The van der Waals surface area contributed by atoms with Gasteiger partial charge in [-0.15, -0.1) is 0 Å². The third-order valence-electron chi connectivity index (χ3n) is 4.44. The molecule has 0 aliphatic rings. The van der Waals surface area contributed by atoms with Gasteiger partial charge in [0.1, 0.15) is 0 Å². The zero-order valence-corrected chi connectivity index (χ0v) is 17.7. The molecule has 2 heterocycles. The molecule has 0 amide bonds. The first-order chi connectivity index (χ1) is 13.0. The molecule has 8 heteroatoms. The predicted molar refractivity (Wildman–Crippen MR) is 104 cm³/mol. The Kier molecular flexibility index (Phi) is 5.33. The Morgan fingerprint density at radius 1 is 0.704 bits per heavy atom. The number of benzene rings is 2. The number of unbranched alkanes of at least 4 members (excludes halogenated alkanes) is 2. The van der Waals surface area contributed by atoms with Crippen LogP contribution in [0.1, 0.15) is 19.3 Å². The van der Waals surface area contributed by atoms with Crippen molar-refractivity contribution in [1.29, 1.82) is 0 Å². The van der Waals surface area contributed by atoms with Gasteiger partial charge < -0.3 is 0 Å². The second-order valence-electron chi connectivity index (χ2n) is 6.34. The Morgan fingerprint density at radius 2 is 1.15 bits per heavy atom. The van der Waals surface area contributed by atoms with Crippen molar-refractivity contribution >= 4 is 48.8 Å². The van der Waals surface area contributed by atoms with Crippen LogP contribution in [-0.4, -0.2) is 36.6 Å². The summed E-state index contributed by atoms with van der Waals surface area (Å²) >= 11 is -0.167. The molecule has 0 saturated heterocycles. The first-order valence-corrected chi connectivity index (χ1v) is 11.9. The molecule has 0 saturated carbocycles. The second-order valence-corrected chi connectivity index (χ2v) is 10.8. The summed E-state index contributed by atoms with van der Waals surface area (Å²) < 4.78 is 32.1. The predicted octanol–water partition coefficient (Wildman–Crippen LogP) is 2.58. The Balaban J connectivity index is 1.36. The first-order valence-electron chi connectivity index (χ1n) is 8.62. The van der Waals surface area contributed by atoms with Gasteiger partial charge in [-0.05, 0) is 0 Å². The van der Waals surface area contributed by atoms with Crippen LogP contribution >= 0.6 is 0 Å². The summed E-state index contributed by atoms with van der Waals surface area (Å²) in [6.07, 6.45) is 2.59. The van der Waals surface area contributed by atoms with Gasteiger partial charge in [0.2, 0.25) is 0 Å². The molecule has 0 aliphatic heterocycles. The molecule has 2 aromatic heterocycles. The quantitative estimate of drug-likeness (QED) is 0.302. The molecular formula is C19H16F2N2O2Se2. The molecule has 4 rings (SSSR count). The second kappa shape index (κ2) is 7.72. The Labute approximate surface area is 165 Å². The van der Waals surface area contributed by atoms with Crippen LogP contribution in [0.2, 0.25) is 0 Å². The van der Waals surface area contributed by atoms with E-state index in [9.17, 15) is 18.4 Å². The third kappa shape index (κ3) is 3.80. The molecule has 27 heavy (non-hydrogen) atoms. The molecule has 2 aromatic carbocycles. The number of rotatable bonds is 6. The van der Waals surface area contributed by atoms with E-state index in [4.69, 9.17) is 0 Å². The van der Waals surface area contributed by atoms with E-state index >= 15 is 0 Å². The monoisotopic (exact) mass is 502 g/mol. The number of hydrogen-bond donors (Lipinski definition) is 0. The molecule has 0 bridgehead atoms. The number of halogens is 2. The van der Waals surface area contributed by atoms with Gasteiger partial charge in [-0.2, -0.15) is 0 Å². The summed E-state index contributed by atoms with van der Waals surface area (Å²) in [6.45, 7) is 1.30. The van der Waals surface area contributed by atoms with Gasteiger partial charge >= 0.3 is 166 Å². The zero-order chi connectivity index (χ0) is 19.0. The van der Waals surface area contributed by atoms with E-state index in [0.29, 0.717) is 23.9 Å². The number of aromatic nitrogens is 2. The molecule has 4 nitrogen and oxygen atoms in total. The average Bonchev–Trinajstić information content (AvgIpc) is 3.13. The van der Waals surface area contributed by atoms with Gasteiger partial charge in [0.05, 0.1) is 0 Å². The summed E-state index contributed by atoms with van der Waals surface area (Å²) in [7, 11) is 0. The van der Waals surface area contributed by atoms with Crippen LogP contribution in [0.25, 0.3) is 19.3 Å². The van der Waals surface area contributed by atoms with Gasteiger partial charge in [-0.1, -0.05) is 0 Å². The first kappa shape index (κ1) is 18.6. The van der Waals surface area contributed by atoms with Gasteiger partial charge in [-0.25, -0.2) is 0 Å². The molecule has 0 unspecified atom stereocenters. The van der Waals surface area contributed by atoms with E-state index < -0.39 is 0 Å². The molecular weight excluding hydrogens is 484 g/mol. The SMILES string of the molecule is O=c1c2cc(F)ccc2[se]n1CCCCCn1[se]c2ccc(F)cc2c1=O. The van der Waals surface area contributed by atoms with Gasteiger partial charge in [0.25, 0.3) is 0 Å². The van der Waals surface area contributed by atoms with Crippen LogP contribution in [0.3, 0.4) is 0 Å². The van der Waals surface area contributed by atoms with Crippen LogP contribution in [0.15, 0.2) is 46.0 Å². The number of fused-ring (bicyclic) bond motifs is 2. The van der Waals surface area contributed by atoms with Crippen molar-refractivity contribution in [2.45, 2.75) is 32.4 Å². The Bertz CT molecular complexity index is 1140. The fourth-order valence-electron chi connectivity index (χ4n) is 3.07. The van der Waals surface area contributed by atoms with E-state index in [1.807, 2.05) is 0 Å². The van der Waals surface area contributed by atoms with Crippen molar-refractivity contribution in [3.05, 3.63) is 68.7 Å². The van der Waals surface area contributed by atoms with Crippen LogP contribution in [0.5, 0.6) is 0 Å². The summed E-state index contributed by atoms with van der Waals surface area (Å²) in [5.74, 6) is -0.754. The maximum atomic E-state index is 13.3. The normalized spacial score (nSPS) is 11.6. The number of nitrogens with zero attached hydrogens (tertiary/aromatic N) is 2. The average molecular weight is 500 g/mol. The summed E-state index contributed by atoms with van der Waals surface area (Å²) in [4.78, 5) is 24.6. The van der Waals surface area contributed by atoms with E-state index in [1.165, 1.54) is 24.3 Å². The molecule has 0 aliphatic carbocycles. The van der Waals surface area contributed by atoms with Crippen molar-refractivity contribution in [2.75, 3.05) is 0 Å².